The second-order valence-electron chi connectivity index (χ2n) is 9.46. The van der Waals surface area contributed by atoms with Crippen LogP contribution in [0.3, 0.4) is 0 Å². The fourth-order valence-corrected chi connectivity index (χ4v) is 5.12. The number of nitrogens with one attached hydrogen (secondary N) is 1. The van der Waals surface area contributed by atoms with Gasteiger partial charge in [-0.3, -0.25) is 14.5 Å². The second-order valence-corrected chi connectivity index (χ2v) is 10.4. The van der Waals surface area contributed by atoms with E-state index in [1.54, 1.807) is 0 Å². The van der Waals surface area contributed by atoms with Crippen LogP contribution >= 0.6 is 15.9 Å². The lowest BCUT2D eigenvalue weighted by Gasteiger charge is -2.30. The molecule has 2 aliphatic rings. The number of hydrogen-bond acceptors (Lipinski definition) is 6. The van der Waals surface area contributed by atoms with E-state index in [1.165, 1.54) is 6.42 Å². The van der Waals surface area contributed by atoms with Gasteiger partial charge in [-0.25, -0.2) is 0 Å². The number of rotatable bonds is 6. The van der Waals surface area contributed by atoms with Gasteiger partial charge in [-0.1, -0.05) is 33.2 Å². The van der Waals surface area contributed by atoms with Crippen molar-refractivity contribution in [3.63, 3.8) is 0 Å². The molecule has 1 aromatic heterocycles. The number of likely N-dealkylation sites (tertiary alicyclic amines) is 2. The lowest BCUT2D eigenvalue weighted by Crippen LogP contribution is -2.38. The smallest absolute Gasteiger partial charge is 0.255 e. The van der Waals surface area contributed by atoms with Crippen LogP contribution in [0.2, 0.25) is 0 Å². The van der Waals surface area contributed by atoms with E-state index < -0.39 is 0 Å². The van der Waals surface area contributed by atoms with E-state index in [9.17, 15) is 9.59 Å². The SMILES string of the molecule is O=C(Nc1ccccc1C(=O)N1CCCCC1)C1CCN(Cc2nc(-c3ccc(Br)cc3)no2)CC1. The van der Waals surface area contributed by atoms with Gasteiger partial charge in [-0.15, -0.1) is 0 Å². The Kier molecular flexibility index (Phi) is 7.77. The Morgan fingerprint density at radius 3 is 2.44 bits per heavy atom. The Bertz CT molecular complexity index is 1200. The third kappa shape index (κ3) is 5.84. The molecule has 0 unspecified atom stereocenters. The molecule has 36 heavy (non-hydrogen) atoms. The number of hydrogen-bond donors (Lipinski definition) is 1. The minimum atomic E-state index is -0.0968. The highest BCUT2D eigenvalue weighted by Crippen LogP contribution is 2.25. The van der Waals surface area contributed by atoms with Crippen molar-refractivity contribution in [2.75, 3.05) is 31.5 Å². The minimum absolute atomic E-state index is 0.00230. The van der Waals surface area contributed by atoms with Gasteiger partial charge in [-0.05, 0) is 81.6 Å². The van der Waals surface area contributed by atoms with Gasteiger partial charge in [0.2, 0.25) is 17.6 Å². The van der Waals surface area contributed by atoms with Crippen LogP contribution in [-0.4, -0.2) is 57.9 Å². The fourth-order valence-electron chi connectivity index (χ4n) is 4.86. The molecule has 8 nitrogen and oxygen atoms in total. The lowest BCUT2D eigenvalue weighted by molar-refractivity contribution is -0.121. The lowest BCUT2D eigenvalue weighted by atomic mass is 9.95. The van der Waals surface area contributed by atoms with E-state index in [2.05, 4.69) is 36.3 Å². The summed E-state index contributed by atoms with van der Waals surface area (Å²) >= 11 is 3.43. The van der Waals surface area contributed by atoms with Gasteiger partial charge >= 0.3 is 0 Å². The third-order valence-corrected chi connectivity index (χ3v) is 7.48. The van der Waals surface area contributed by atoms with Gasteiger partial charge in [0.1, 0.15) is 0 Å². The molecule has 0 radical (unpaired) electrons. The van der Waals surface area contributed by atoms with Crippen LogP contribution in [0.4, 0.5) is 5.69 Å². The molecule has 2 amide bonds. The Morgan fingerprint density at radius 1 is 0.972 bits per heavy atom. The van der Waals surface area contributed by atoms with Crippen molar-refractivity contribution in [1.29, 1.82) is 0 Å². The largest absolute Gasteiger partial charge is 0.339 e. The predicted molar refractivity (Wildman–Crippen MR) is 140 cm³/mol. The van der Waals surface area contributed by atoms with Gasteiger partial charge in [0.25, 0.3) is 5.91 Å². The fraction of sp³-hybridized carbons (Fsp3) is 0.407. The Hall–Kier alpha value is -3.04. The van der Waals surface area contributed by atoms with Crippen molar-refractivity contribution >= 4 is 33.4 Å². The maximum atomic E-state index is 13.1. The molecule has 188 valence electrons. The van der Waals surface area contributed by atoms with E-state index in [1.807, 2.05) is 53.4 Å². The molecule has 0 bridgehead atoms. The van der Waals surface area contributed by atoms with E-state index >= 15 is 0 Å². The molecule has 2 saturated heterocycles. The van der Waals surface area contributed by atoms with Crippen LogP contribution in [0, 0.1) is 5.92 Å². The number of anilines is 1. The van der Waals surface area contributed by atoms with Crippen LogP contribution in [0.15, 0.2) is 57.5 Å². The molecule has 2 fully saturated rings. The number of halogens is 1. The number of amides is 2. The molecule has 0 aliphatic carbocycles. The van der Waals surface area contributed by atoms with Crippen LogP contribution < -0.4 is 5.32 Å². The number of carbonyl (C=O) groups excluding carboxylic acids is 2. The molecular weight excluding hydrogens is 522 g/mol. The van der Waals surface area contributed by atoms with Crippen molar-refractivity contribution in [3.8, 4) is 11.4 Å². The summed E-state index contributed by atoms with van der Waals surface area (Å²) in [7, 11) is 0. The summed E-state index contributed by atoms with van der Waals surface area (Å²) < 4.78 is 6.46. The van der Waals surface area contributed by atoms with Crippen molar-refractivity contribution < 1.29 is 14.1 Å². The highest BCUT2D eigenvalue weighted by Gasteiger charge is 2.28. The zero-order chi connectivity index (χ0) is 24.9. The van der Waals surface area contributed by atoms with Crippen molar-refractivity contribution in [1.82, 2.24) is 19.9 Å². The quantitative estimate of drug-likeness (QED) is 0.464. The maximum absolute atomic E-state index is 13.1. The summed E-state index contributed by atoms with van der Waals surface area (Å²) in [6, 6.07) is 15.1. The number of aromatic nitrogens is 2. The summed E-state index contributed by atoms with van der Waals surface area (Å²) in [6.07, 6.45) is 4.71. The van der Waals surface area contributed by atoms with Gasteiger partial charge in [0.05, 0.1) is 17.8 Å². The van der Waals surface area contributed by atoms with E-state index in [0.717, 1.165) is 61.9 Å². The standard InChI is InChI=1S/C27H30BrN5O3/c28-21-10-8-19(9-11-21)25-30-24(36-31-25)18-32-16-12-20(13-17-32)26(34)29-23-7-3-2-6-22(23)27(35)33-14-4-1-5-15-33/h2-3,6-11,20H,1,4-5,12-18H2,(H,29,34). The molecule has 3 heterocycles. The molecule has 5 rings (SSSR count). The minimum Gasteiger partial charge on any atom is -0.339 e. The Morgan fingerprint density at radius 2 is 1.69 bits per heavy atom. The summed E-state index contributed by atoms with van der Waals surface area (Å²) in [5.74, 6) is 1.03. The second kappa shape index (κ2) is 11.3. The molecule has 9 heteroatoms. The van der Waals surface area contributed by atoms with Gasteiger partial charge in [-0.2, -0.15) is 4.98 Å². The topological polar surface area (TPSA) is 91.6 Å². The first-order valence-electron chi connectivity index (χ1n) is 12.6. The van der Waals surface area contributed by atoms with E-state index in [0.29, 0.717) is 29.5 Å². The predicted octanol–water partition coefficient (Wildman–Crippen LogP) is 4.98. The molecule has 0 saturated carbocycles. The van der Waals surface area contributed by atoms with Crippen molar-refractivity contribution in [3.05, 3.63) is 64.5 Å². The molecule has 0 atom stereocenters. The van der Waals surface area contributed by atoms with Crippen LogP contribution in [0.25, 0.3) is 11.4 Å². The number of nitrogens with zero attached hydrogens (tertiary/aromatic N) is 4. The van der Waals surface area contributed by atoms with Gasteiger partial charge < -0.3 is 14.7 Å². The van der Waals surface area contributed by atoms with E-state index in [-0.39, 0.29) is 17.7 Å². The van der Waals surface area contributed by atoms with Crippen LogP contribution in [-0.2, 0) is 11.3 Å². The average molecular weight is 552 g/mol. The third-order valence-electron chi connectivity index (χ3n) is 6.95. The average Bonchev–Trinajstić information content (AvgIpc) is 3.38. The maximum Gasteiger partial charge on any atom is 0.255 e. The molecule has 2 aromatic carbocycles. The number of piperidine rings is 2. The summed E-state index contributed by atoms with van der Waals surface area (Å²) in [5, 5.41) is 7.15. The first-order chi connectivity index (χ1) is 17.6. The summed E-state index contributed by atoms with van der Waals surface area (Å²) in [5.41, 5.74) is 2.08. The zero-order valence-electron chi connectivity index (χ0n) is 20.2. The van der Waals surface area contributed by atoms with Crippen molar-refractivity contribution in [2.45, 2.75) is 38.6 Å². The van der Waals surface area contributed by atoms with Gasteiger partial charge in [0.15, 0.2) is 0 Å². The highest BCUT2D eigenvalue weighted by molar-refractivity contribution is 9.10. The van der Waals surface area contributed by atoms with Crippen LogP contribution in [0.1, 0.15) is 48.4 Å². The first-order valence-corrected chi connectivity index (χ1v) is 13.4. The molecule has 2 aliphatic heterocycles. The molecule has 0 spiro atoms. The summed E-state index contributed by atoms with van der Waals surface area (Å²) in [6.45, 7) is 3.66. The number of benzene rings is 2. The number of para-hydroxylation sites is 1. The number of carbonyl (C=O) groups is 2. The molecule has 3 aromatic rings. The highest BCUT2D eigenvalue weighted by atomic mass is 79.9. The Balaban J connectivity index is 1.14. The van der Waals surface area contributed by atoms with Gasteiger partial charge in [0, 0.05) is 29.0 Å². The monoisotopic (exact) mass is 551 g/mol. The van der Waals surface area contributed by atoms with Crippen molar-refractivity contribution in [2.24, 2.45) is 5.92 Å². The van der Waals surface area contributed by atoms with Crippen LogP contribution in [0.5, 0.6) is 0 Å². The molecule has 1 N–H and O–H groups in total. The summed E-state index contributed by atoms with van der Waals surface area (Å²) in [4.78, 5) is 34.8. The normalized spacial score (nSPS) is 17.2. The first kappa shape index (κ1) is 24.6. The Labute approximate surface area is 219 Å². The zero-order valence-corrected chi connectivity index (χ0v) is 21.7. The van der Waals surface area contributed by atoms with E-state index in [4.69, 9.17) is 4.52 Å². The molecular formula is C27H30BrN5O3.